The zero-order valence-corrected chi connectivity index (χ0v) is 23.6. The second-order valence-corrected chi connectivity index (χ2v) is 12.1. The molecule has 2 aliphatic heterocycles. The maximum atomic E-state index is 12.8. The Morgan fingerprint density at radius 3 is 2.61 bits per heavy atom. The fraction of sp³-hybridized carbons (Fsp3) is 0.304. The van der Waals surface area contributed by atoms with Gasteiger partial charge in [0.15, 0.2) is 5.13 Å². The number of thiazole rings is 1. The molecule has 1 aromatic carbocycles. The number of aromatic nitrogens is 1. The first-order chi connectivity index (χ1) is 19.4. The molecular weight excluding hydrogens is 602 g/mol. The number of nitrogen functional groups attached to an aromatic ring is 1. The van der Waals surface area contributed by atoms with Crippen molar-refractivity contribution in [2.24, 2.45) is 0 Å². The number of carboxylic acids is 1. The van der Waals surface area contributed by atoms with Crippen LogP contribution in [-0.2, 0) is 40.3 Å². The number of carboxylic acid groups (broad SMARTS) is 1. The lowest BCUT2D eigenvalue weighted by atomic mass is 10.0. The average molecular weight is 626 g/mol. The number of nitrogens with two attached hydrogens (primary N) is 1. The molecule has 218 valence electrons. The highest BCUT2D eigenvalue weighted by Gasteiger charge is 2.54. The summed E-state index contributed by atoms with van der Waals surface area (Å²) in [5.41, 5.74) is 5.29. The number of carbonyl (C=O) groups is 5. The van der Waals surface area contributed by atoms with Crippen LogP contribution in [0, 0.1) is 0 Å². The highest BCUT2D eigenvalue weighted by Crippen LogP contribution is 2.40. The van der Waals surface area contributed by atoms with Crippen LogP contribution in [0.15, 0.2) is 45.8 Å². The molecule has 3 heterocycles. The molecule has 2 aliphatic rings. The Labute approximate surface area is 241 Å². The highest BCUT2D eigenvalue weighted by molar-refractivity contribution is 8.00. The molecule has 1 saturated heterocycles. The number of esters is 1. The molecule has 41 heavy (non-hydrogen) atoms. The van der Waals surface area contributed by atoms with Gasteiger partial charge in [0.2, 0.25) is 5.91 Å². The lowest BCUT2D eigenvalue weighted by Gasteiger charge is -2.49. The van der Waals surface area contributed by atoms with E-state index in [1.807, 2.05) is 0 Å². The van der Waals surface area contributed by atoms with Gasteiger partial charge in [0, 0.05) is 16.7 Å². The van der Waals surface area contributed by atoms with Crippen molar-refractivity contribution >= 4 is 68.1 Å². The number of aliphatic carboxylic acids is 1. The summed E-state index contributed by atoms with van der Waals surface area (Å²) in [5, 5.41) is 13.6. The second kappa shape index (κ2) is 12.1. The van der Waals surface area contributed by atoms with Crippen molar-refractivity contribution in [1.29, 1.82) is 0 Å². The predicted molar refractivity (Wildman–Crippen MR) is 144 cm³/mol. The Kier molecular flexibility index (Phi) is 8.83. The van der Waals surface area contributed by atoms with E-state index in [-0.39, 0.29) is 24.4 Å². The topological polar surface area (TPSA) is 224 Å². The first-order valence-electron chi connectivity index (χ1n) is 11.8. The number of thioether (sulfide) groups is 1. The third-order valence-electron chi connectivity index (χ3n) is 5.74. The van der Waals surface area contributed by atoms with Crippen molar-refractivity contribution in [2.75, 3.05) is 24.7 Å². The van der Waals surface area contributed by atoms with E-state index < -0.39 is 74.0 Å². The summed E-state index contributed by atoms with van der Waals surface area (Å²) in [4.78, 5) is 66.3. The van der Waals surface area contributed by atoms with Gasteiger partial charge in [-0.05, 0) is 19.1 Å². The van der Waals surface area contributed by atoms with Gasteiger partial charge >= 0.3 is 18.0 Å². The Balaban J connectivity index is 1.45. The molecule has 1 aromatic heterocycles. The van der Waals surface area contributed by atoms with Crippen LogP contribution in [0.25, 0.3) is 0 Å². The summed E-state index contributed by atoms with van der Waals surface area (Å²) in [6, 6.07) is 3.98. The van der Waals surface area contributed by atoms with Crippen LogP contribution in [0.5, 0.6) is 0 Å². The van der Waals surface area contributed by atoms with Gasteiger partial charge in [-0.3, -0.25) is 14.5 Å². The summed E-state index contributed by atoms with van der Waals surface area (Å²) >= 11 is 2.33. The normalized spacial score (nSPS) is 18.2. The number of hydrogen-bond acceptors (Lipinski definition) is 13. The number of carbonyl (C=O) groups excluding carboxylic acids is 4. The molecule has 0 unspecified atom stereocenters. The summed E-state index contributed by atoms with van der Waals surface area (Å²) < 4.78 is 36.8. The smallest absolute Gasteiger partial charge is 0.421 e. The van der Waals surface area contributed by atoms with Crippen molar-refractivity contribution in [1.82, 2.24) is 19.9 Å². The maximum Gasteiger partial charge on any atom is 0.421 e. The van der Waals surface area contributed by atoms with Gasteiger partial charge in [-0.2, -0.15) is 0 Å². The summed E-state index contributed by atoms with van der Waals surface area (Å²) in [6.07, 6.45) is -1.34. The fourth-order valence-corrected chi connectivity index (χ4v) is 6.99. The van der Waals surface area contributed by atoms with Crippen LogP contribution in [0.2, 0.25) is 0 Å². The number of hydrogen-bond donors (Lipinski definition) is 4. The van der Waals surface area contributed by atoms with Crippen LogP contribution in [0.1, 0.15) is 23.0 Å². The van der Waals surface area contributed by atoms with Gasteiger partial charge < -0.3 is 25.6 Å². The Bertz CT molecular complexity index is 1550. The summed E-state index contributed by atoms with van der Waals surface area (Å²) in [7, 11) is -4.51. The van der Waals surface area contributed by atoms with Crippen LogP contribution >= 0.6 is 23.1 Å². The molecule has 0 spiro atoms. The minimum Gasteiger partial charge on any atom is -0.477 e. The van der Waals surface area contributed by atoms with Crippen LogP contribution in [0.4, 0.5) is 9.93 Å². The van der Waals surface area contributed by atoms with Crippen molar-refractivity contribution in [3.05, 3.63) is 52.2 Å². The second-order valence-electron chi connectivity index (χ2n) is 8.46. The molecule has 4 rings (SSSR count). The third kappa shape index (κ3) is 6.44. The Morgan fingerprint density at radius 1 is 1.22 bits per heavy atom. The minimum atomic E-state index is -4.51. The molecule has 0 aliphatic carbocycles. The number of benzene rings is 1. The van der Waals surface area contributed by atoms with E-state index in [0.717, 1.165) is 28.8 Å². The molecule has 2 atom stereocenters. The van der Waals surface area contributed by atoms with E-state index in [0.29, 0.717) is 10.8 Å². The molecule has 0 saturated carbocycles. The molecule has 2 aromatic rings. The molecular formula is C23H23N5O10S3. The average Bonchev–Trinajstić information content (AvgIpc) is 3.33. The van der Waals surface area contributed by atoms with Crippen molar-refractivity contribution in [3.63, 3.8) is 0 Å². The number of fused-ring (bicyclic) bond motifs is 1. The maximum absolute atomic E-state index is 12.8. The SMILES string of the molecule is CCOC(=O)NS(=O)(=O)c1ccccc1C(=O)OCC1=C(C(=O)O)N2C(=O)[C@@H](NC(=O)Cc3csc(N)n3)[C@@H]2SC1. The van der Waals surface area contributed by atoms with E-state index in [2.05, 4.69) is 15.0 Å². The Morgan fingerprint density at radius 2 is 1.95 bits per heavy atom. The molecule has 5 N–H and O–H groups in total. The number of ether oxygens (including phenoxy) is 2. The van der Waals surface area contributed by atoms with Gasteiger partial charge in [0.05, 0.1) is 24.3 Å². The van der Waals surface area contributed by atoms with Gasteiger partial charge in [-0.25, -0.2) is 32.5 Å². The van der Waals surface area contributed by atoms with E-state index in [1.54, 1.807) is 10.1 Å². The van der Waals surface area contributed by atoms with Crippen LogP contribution in [0.3, 0.4) is 0 Å². The van der Waals surface area contributed by atoms with Gasteiger partial charge in [0.1, 0.15) is 28.6 Å². The number of amides is 3. The van der Waals surface area contributed by atoms with Crippen LogP contribution in [-0.4, -0.2) is 83.6 Å². The number of nitrogens with zero attached hydrogens (tertiary/aromatic N) is 2. The largest absolute Gasteiger partial charge is 0.477 e. The molecule has 3 amide bonds. The van der Waals surface area contributed by atoms with E-state index >= 15 is 0 Å². The van der Waals surface area contributed by atoms with Crippen molar-refractivity contribution in [3.8, 4) is 0 Å². The summed E-state index contributed by atoms with van der Waals surface area (Å²) in [6.45, 7) is 0.833. The molecule has 18 heteroatoms. The molecule has 1 fully saturated rings. The first kappa shape index (κ1) is 29.8. The van der Waals surface area contributed by atoms with Crippen LogP contribution < -0.4 is 15.8 Å². The minimum absolute atomic E-state index is 0.0444. The van der Waals surface area contributed by atoms with E-state index in [9.17, 15) is 37.5 Å². The molecule has 15 nitrogen and oxygen atoms in total. The first-order valence-corrected chi connectivity index (χ1v) is 15.2. The van der Waals surface area contributed by atoms with E-state index in [1.165, 1.54) is 30.4 Å². The standard InChI is InChI=1S/C23H23N5O10S3/c1-2-37-23(34)27-41(35,36)14-6-4-3-5-13(14)21(33)38-8-11-9-39-19-16(18(30)28(19)17(11)20(31)32)26-15(29)7-12-10-40-22(24)25-12/h3-6,10,16,19H,2,7-9H2,1H3,(H2,24,25)(H,26,29)(H,27,34)(H,31,32)/t16-,19+/m1/s1. The van der Waals surface area contributed by atoms with Gasteiger partial charge in [-0.15, -0.1) is 23.1 Å². The number of anilines is 1. The van der Waals surface area contributed by atoms with Gasteiger partial charge in [0.25, 0.3) is 15.9 Å². The predicted octanol–water partition coefficient (Wildman–Crippen LogP) is 0.298. The Hall–Kier alpha value is -4.16. The third-order valence-corrected chi connectivity index (χ3v) is 9.18. The quantitative estimate of drug-likeness (QED) is 0.206. The summed E-state index contributed by atoms with van der Waals surface area (Å²) in [5.74, 6) is -3.65. The fourth-order valence-electron chi connectivity index (χ4n) is 4.01. The number of β-lactam (4-membered cyclic amide) rings is 1. The zero-order chi connectivity index (χ0) is 29.9. The monoisotopic (exact) mass is 625 g/mol. The lowest BCUT2D eigenvalue weighted by Crippen LogP contribution is -2.70. The lowest BCUT2D eigenvalue weighted by molar-refractivity contribution is -0.150. The molecule has 0 radical (unpaired) electrons. The van der Waals surface area contributed by atoms with Crippen molar-refractivity contribution < 1.29 is 47.0 Å². The zero-order valence-electron chi connectivity index (χ0n) is 21.2. The number of sulfonamides is 1. The number of rotatable bonds is 10. The number of nitrogens with one attached hydrogen (secondary N) is 2. The van der Waals surface area contributed by atoms with Gasteiger partial charge in [-0.1, -0.05) is 12.1 Å². The van der Waals surface area contributed by atoms with E-state index in [4.69, 9.17) is 10.5 Å². The van der Waals surface area contributed by atoms with Crippen molar-refractivity contribution in [2.45, 2.75) is 29.7 Å². The highest BCUT2D eigenvalue weighted by atomic mass is 32.2. The molecule has 0 bridgehead atoms.